The fourth-order valence-electron chi connectivity index (χ4n) is 1.77. The molecule has 0 aliphatic carbocycles. The normalized spacial score (nSPS) is 21.2. The number of rotatable bonds is 3. The Labute approximate surface area is 129 Å². The van der Waals surface area contributed by atoms with E-state index in [9.17, 15) is 8.78 Å². The second kappa shape index (κ2) is 9.17. The Kier molecular flexibility index (Phi) is 9.27. The van der Waals surface area contributed by atoms with Gasteiger partial charge in [-0.15, -0.1) is 24.0 Å². The van der Waals surface area contributed by atoms with E-state index in [2.05, 4.69) is 29.1 Å². The average molecular weight is 393 g/mol. The van der Waals surface area contributed by atoms with Gasteiger partial charge >= 0.3 is 0 Å². The summed E-state index contributed by atoms with van der Waals surface area (Å²) in [5.41, 5.74) is 0. The average Bonchev–Trinajstić information content (AvgIpc) is 2.30. The third-order valence-corrected chi connectivity index (χ3v) is 4.30. The minimum Gasteiger partial charge on any atom is -0.351 e. The Balaban J connectivity index is 0.00000289. The van der Waals surface area contributed by atoms with Gasteiger partial charge in [-0.1, -0.05) is 13.8 Å². The van der Waals surface area contributed by atoms with Gasteiger partial charge < -0.3 is 10.2 Å². The molecule has 1 saturated heterocycles. The standard InChI is InChI=1S/C11H21F2N3S.HI/c1-8(2)9-7-16(4-5-17-9)11(14-3)15-6-10(12)13;/h8-10H,4-7H2,1-3H3,(H,14,15);1H. The van der Waals surface area contributed by atoms with Crippen molar-refractivity contribution in [2.24, 2.45) is 10.9 Å². The maximum absolute atomic E-state index is 12.2. The van der Waals surface area contributed by atoms with Gasteiger partial charge in [-0.05, 0) is 5.92 Å². The number of guanidine groups is 1. The molecule has 0 radical (unpaired) electrons. The molecule has 0 aromatic carbocycles. The van der Waals surface area contributed by atoms with Crippen LogP contribution in [0.4, 0.5) is 8.78 Å². The summed E-state index contributed by atoms with van der Waals surface area (Å²) in [6, 6.07) is 0. The molecule has 1 unspecified atom stereocenters. The summed E-state index contributed by atoms with van der Waals surface area (Å²) in [5.74, 6) is 2.21. The van der Waals surface area contributed by atoms with Gasteiger partial charge in [-0.3, -0.25) is 4.99 Å². The fourth-order valence-corrected chi connectivity index (χ4v) is 3.07. The van der Waals surface area contributed by atoms with E-state index in [0.717, 1.165) is 18.8 Å². The zero-order valence-electron chi connectivity index (χ0n) is 11.0. The smallest absolute Gasteiger partial charge is 0.255 e. The van der Waals surface area contributed by atoms with Crippen LogP contribution in [0.15, 0.2) is 4.99 Å². The highest BCUT2D eigenvalue weighted by atomic mass is 127. The quantitative estimate of drug-likeness (QED) is 0.454. The summed E-state index contributed by atoms with van der Waals surface area (Å²) in [4.78, 5) is 6.14. The molecule has 1 fully saturated rings. The Morgan fingerprint density at radius 3 is 2.67 bits per heavy atom. The van der Waals surface area contributed by atoms with Crippen molar-refractivity contribution in [2.45, 2.75) is 25.5 Å². The summed E-state index contributed by atoms with van der Waals surface area (Å²) in [6.45, 7) is 5.80. The molecular formula is C11H22F2IN3S. The first kappa shape index (κ1) is 18.2. The predicted molar refractivity (Wildman–Crippen MR) is 85.4 cm³/mol. The highest BCUT2D eigenvalue weighted by molar-refractivity contribution is 14.0. The summed E-state index contributed by atoms with van der Waals surface area (Å²) >= 11 is 1.95. The first-order chi connectivity index (χ1) is 8.04. The van der Waals surface area contributed by atoms with Crippen molar-refractivity contribution in [3.8, 4) is 0 Å². The van der Waals surface area contributed by atoms with Crippen LogP contribution in [0, 0.1) is 5.92 Å². The summed E-state index contributed by atoms with van der Waals surface area (Å²) in [7, 11) is 1.64. The molecule has 0 aromatic rings. The van der Waals surface area contributed by atoms with E-state index in [1.807, 2.05) is 11.8 Å². The van der Waals surface area contributed by atoms with Crippen molar-refractivity contribution < 1.29 is 8.78 Å². The van der Waals surface area contributed by atoms with E-state index in [1.54, 1.807) is 7.05 Å². The maximum Gasteiger partial charge on any atom is 0.255 e. The van der Waals surface area contributed by atoms with Crippen LogP contribution in [0.5, 0.6) is 0 Å². The Morgan fingerprint density at radius 2 is 2.17 bits per heavy atom. The van der Waals surface area contributed by atoms with Crippen LogP contribution in [0.2, 0.25) is 0 Å². The summed E-state index contributed by atoms with van der Waals surface area (Å²) in [6.07, 6.45) is -2.34. The topological polar surface area (TPSA) is 27.6 Å². The van der Waals surface area contributed by atoms with E-state index in [-0.39, 0.29) is 30.5 Å². The minimum atomic E-state index is -2.34. The zero-order chi connectivity index (χ0) is 12.8. The van der Waals surface area contributed by atoms with Crippen LogP contribution < -0.4 is 5.32 Å². The van der Waals surface area contributed by atoms with Crippen molar-refractivity contribution in [2.75, 3.05) is 32.4 Å². The van der Waals surface area contributed by atoms with Crippen molar-refractivity contribution >= 4 is 41.7 Å². The van der Waals surface area contributed by atoms with E-state index in [1.165, 1.54) is 0 Å². The SMILES string of the molecule is CN=C(NCC(F)F)N1CCSC(C(C)C)C1.I. The first-order valence-corrected chi connectivity index (χ1v) is 6.94. The Morgan fingerprint density at radius 1 is 1.50 bits per heavy atom. The van der Waals surface area contributed by atoms with Crippen LogP contribution >= 0.6 is 35.7 Å². The number of alkyl halides is 2. The lowest BCUT2D eigenvalue weighted by Gasteiger charge is -2.36. The number of hydrogen-bond acceptors (Lipinski definition) is 2. The minimum absolute atomic E-state index is 0. The van der Waals surface area contributed by atoms with Crippen molar-refractivity contribution in [3.63, 3.8) is 0 Å². The fraction of sp³-hybridized carbons (Fsp3) is 0.909. The van der Waals surface area contributed by atoms with Gasteiger partial charge in [0, 0.05) is 31.1 Å². The lowest BCUT2D eigenvalue weighted by Crippen LogP contribution is -2.49. The molecule has 7 heteroatoms. The number of hydrogen-bond donors (Lipinski definition) is 1. The van der Waals surface area contributed by atoms with Crippen LogP contribution in [0.25, 0.3) is 0 Å². The summed E-state index contributed by atoms with van der Waals surface area (Å²) in [5, 5.41) is 3.26. The molecule has 0 spiro atoms. The van der Waals surface area contributed by atoms with Gasteiger partial charge in [0.2, 0.25) is 0 Å². The summed E-state index contributed by atoms with van der Waals surface area (Å²) < 4.78 is 24.3. The molecule has 18 heavy (non-hydrogen) atoms. The lowest BCUT2D eigenvalue weighted by molar-refractivity contribution is 0.150. The Hall–Kier alpha value is 0.210. The van der Waals surface area contributed by atoms with E-state index < -0.39 is 6.43 Å². The van der Waals surface area contributed by atoms with Gasteiger partial charge in [0.1, 0.15) is 0 Å². The zero-order valence-corrected chi connectivity index (χ0v) is 14.2. The van der Waals surface area contributed by atoms with E-state index in [4.69, 9.17) is 0 Å². The molecule has 1 rings (SSSR count). The van der Waals surface area contributed by atoms with Crippen molar-refractivity contribution in [3.05, 3.63) is 0 Å². The molecule has 1 aliphatic rings. The van der Waals surface area contributed by atoms with Gasteiger partial charge in [0.25, 0.3) is 6.43 Å². The second-order valence-electron chi connectivity index (χ2n) is 4.42. The molecule has 1 heterocycles. The number of halogens is 3. The molecule has 108 valence electrons. The number of aliphatic imine (C=N–C) groups is 1. The highest BCUT2D eigenvalue weighted by Crippen LogP contribution is 2.24. The molecule has 0 aromatic heterocycles. The molecular weight excluding hydrogens is 371 g/mol. The van der Waals surface area contributed by atoms with E-state index in [0.29, 0.717) is 17.1 Å². The molecule has 1 atom stereocenters. The molecule has 3 nitrogen and oxygen atoms in total. The largest absolute Gasteiger partial charge is 0.351 e. The lowest BCUT2D eigenvalue weighted by atomic mass is 10.1. The van der Waals surface area contributed by atoms with Gasteiger partial charge in [0.15, 0.2) is 5.96 Å². The number of nitrogens with one attached hydrogen (secondary N) is 1. The molecule has 0 amide bonds. The molecule has 1 aliphatic heterocycles. The number of nitrogens with zero attached hydrogens (tertiary/aromatic N) is 2. The third kappa shape index (κ3) is 5.90. The van der Waals surface area contributed by atoms with Gasteiger partial charge in [-0.25, -0.2) is 8.78 Å². The maximum atomic E-state index is 12.2. The van der Waals surface area contributed by atoms with E-state index >= 15 is 0 Å². The van der Waals surface area contributed by atoms with Crippen molar-refractivity contribution in [1.29, 1.82) is 0 Å². The number of thioether (sulfide) groups is 1. The molecule has 0 bridgehead atoms. The second-order valence-corrected chi connectivity index (χ2v) is 5.77. The van der Waals surface area contributed by atoms with Crippen molar-refractivity contribution in [1.82, 2.24) is 10.2 Å². The first-order valence-electron chi connectivity index (χ1n) is 5.90. The van der Waals surface area contributed by atoms with Gasteiger partial charge in [0.05, 0.1) is 6.54 Å². The third-order valence-electron chi connectivity index (χ3n) is 2.76. The van der Waals surface area contributed by atoms with Crippen LogP contribution in [-0.4, -0.2) is 55.0 Å². The van der Waals surface area contributed by atoms with Gasteiger partial charge in [-0.2, -0.15) is 11.8 Å². The molecule has 0 saturated carbocycles. The molecule has 1 N–H and O–H groups in total. The monoisotopic (exact) mass is 393 g/mol. The van der Waals surface area contributed by atoms with Crippen LogP contribution in [0.1, 0.15) is 13.8 Å². The highest BCUT2D eigenvalue weighted by Gasteiger charge is 2.24. The van der Waals surface area contributed by atoms with Crippen LogP contribution in [-0.2, 0) is 0 Å². The van der Waals surface area contributed by atoms with Crippen LogP contribution in [0.3, 0.4) is 0 Å². The Bertz CT molecular complexity index is 265. The predicted octanol–water partition coefficient (Wildman–Crippen LogP) is 2.52.